The van der Waals surface area contributed by atoms with E-state index in [-0.39, 0.29) is 6.42 Å². The van der Waals surface area contributed by atoms with Crippen LogP contribution in [0.5, 0.6) is 0 Å². The SMILES string of the molecule is Cc1csc([C@@H](C#N)C(=O)COC(=O)[C@]2(C)CC2(Cl)Cl)n1. The summed E-state index contributed by atoms with van der Waals surface area (Å²) in [4.78, 5) is 28.0. The fraction of sp³-hybridized carbons (Fsp3) is 0.538. The van der Waals surface area contributed by atoms with Gasteiger partial charge in [0, 0.05) is 17.5 Å². The third-order valence-corrected chi connectivity index (χ3v) is 5.52. The minimum atomic E-state index is -1.14. The zero-order valence-corrected chi connectivity index (χ0v) is 13.7. The van der Waals surface area contributed by atoms with E-state index in [2.05, 4.69) is 4.98 Å². The van der Waals surface area contributed by atoms with Crippen molar-refractivity contribution < 1.29 is 14.3 Å². The third kappa shape index (κ3) is 3.05. The Kier molecular flexibility index (Phi) is 4.29. The lowest BCUT2D eigenvalue weighted by Gasteiger charge is -2.12. The average Bonchev–Trinajstić information content (AvgIpc) is 2.73. The molecule has 1 saturated carbocycles. The number of carbonyl (C=O) groups is 2. The van der Waals surface area contributed by atoms with Crippen molar-refractivity contribution in [3.05, 3.63) is 16.1 Å². The predicted octanol–water partition coefficient (Wildman–Crippen LogP) is 2.75. The van der Waals surface area contributed by atoms with Crippen molar-refractivity contribution >= 4 is 46.3 Å². The van der Waals surface area contributed by atoms with Crippen molar-refractivity contribution in [3.8, 4) is 6.07 Å². The predicted molar refractivity (Wildman–Crippen MR) is 78.3 cm³/mol. The number of aryl methyl sites for hydroxylation is 1. The molecule has 21 heavy (non-hydrogen) atoms. The molecular formula is C13H12Cl2N2O3S. The molecule has 0 spiro atoms. The van der Waals surface area contributed by atoms with Gasteiger partial charge < -0.3 is 4.74 Å². The molecule has 112 valence electrons. The first-order chi connectivity index (χ1) is 9.71. The summed E-state index contributed by atoms with van der Waals surface area (Å²) in [5, 5.41) is 11.2. The smallest absolute Gasteiger partial charge is 0.315 e. The van der Waals surface area contributed by atoms with Crippen molar-refractivity contribution in [3.63, 3.8) is 0 Å². The number of ether oxygens (including phenoxy) is 1. The van der Waals surface area contributed by atoms with Gasteiger partial charge in [-0.3, -0.25) is 9.59 Å². The minimum Gasteiger partial charge on any atom is -0.457 e. The molecule has 1 heterocycles. The first-order valence-electron chi connectivity index (χ1n) is 6.11. The summed E-state index contributed by atoms with van der Waals surface area (Å²) >= 11 is 13.0. The summed E-state index contributed by atoms with van der Waals surface area (Å²) in [6.45, 7) is 2.86. The van der Waals surface area contributed by atoms with Crippen LogP contribution in [0.4, 0.5) is 0 Å². The van der Waals surface area contributed by atoms with Crippen LogP contribution in [0.2, 0.25) is 0 Å². The molecule has 0 amide bonds. The van der Waals surface area contributed by atoms with Gasteiger partial charge in [0.1, 0.15) is 14.8 Å². The number of nitrogens with zero attached hydrogens (tertiary/aromatic N) is 2. The highest BCUT2D eigenvalue weighted by atomic mass is 35.5. The molecule has 0 unspecified atom stereocenters. The summed E-state index contributed by atoms with van der Waals surface area (Å²) < 4.78 is 3.80. The normalized spacial score (nSPS) is 24.0. The number of Topliss-reactive ketones (excluding diaryl/α,β-unsaturated/α-hetero) is 1. The van der Waals surface area contributed by atoms with Gasteiger partial charge in [0.15, 0.2) is 18.3 Å². The maximum atomic E-state index is 12.0. The maximum Gasteiger partial charge on any atom is 0.315 e. The number of hydrogen-bond acceptors (Lipinski definition) is 6. The van der Waals surface area contributed by atoms with Gasteiger partial charge in [-0.2, -0.15) is 5.26 Å². The number of rotatable bonds is 5. The Hall–Kier alpha value is -1.16. The summed E-state index contributed by atoms with van der Waals surface area (Å²) in [7, 11) is 0. The van der Waals surface area contributed by atoms with Gasteiger partial charge in [-0.25, -0.2) is 4.98 Å². The molecule has 2 rings (SSSR count). The molecule has 0 bridgehead atoms. The Morgan fingerprint density at radius 1 is 1.62 bits per heavy atom. The Labute approximate surface area is 135 Å². The molecule has 0 N–H and O–H groups in total. The fourth-order valence-corrected chi connectivity index (χ4v) is 3.32. The molecular weight excluding hydrogens is 335 g/mol. The molecule has 1 aromatic rings. The van der Waals surface area contributed by atoms with E-state index in [4.69, 9.17) is 33.2 Å². The number of ketones is 1. The first kappa shape index (κ1) is 16.2. The van der Waals surface area contributed by atoms with Crippen LogP contribution in [0, 0.1) is 23.7 Å². The second-order valence-electron chi connectivity index (χ2n) is 5.15. The number of aromatic nitrogens is 1. The number of esters is 1. The molecule has 0 aromatic carbocycles. The van der Waals surface area contributed by atoms with Crippen LogP contribution in [0.25, 0.3) is 0 Å². The van der Waals surface area contributed by atoms with Gasteiger partial charge >= 0.3 is 5.97 Å². The lowest BCUT2D eigenvalue weighted by Crippen LogP contribution is -2.26. The second kappa shape index (κ2) is 5.56. The zero-order valence-electron chi connectivity index (χ0n) is 11.4. The van der Waals surface area contributed by atoms with Crippen molar-refractivity contribution in [2.45, 2.75) is 30.5 Å². The second-order valence-corrected chi connectivity index (χ2v) is 7.52. The van der Waals surface area contributed by atoms with Crippen molar-refractivity contribution in [1.29, 1.82) is 5.26 Å². The van der Waals surface area contributed by atoms with Gasteiger partial charge in [0.05, 0.1) is 6.07 Å². The summed E-state index contributed by atoms with van der Waals surface area (Å²) in [6.07, 6.45) is 0.281. The Balaban J connectivity index is 1.96. The molecule has 8 heteroatoms. The standard InChI is InChI=1S/C13H12Cl2N2O3S/c1-7-5-21-10(17-7)8(3-16)9(18)4-20-11(19)12(2)6-13(12,14)15/h5,8H,4,6H2,1-2H3/t8-,12-/m0/s1. The van der Waals surface area contributed by atoms with Gasteiger partial charge in [0.25, 0.3) is 0 Å². The summed E-state index contributed by atoms with van der Waals surface area (Å²) in [5.41, 5.74) is -0.254. The van der Waals surface area contributed by atoms with Gasteiger partial charge in [-0.15, -0.1) is 34.5 Å². The van der Waals surface area contributed by atoms with E-state index in [1.807, 2.05) is 6.07 Å². The summed E-state index contributed by atoms with van der Waals surface area (Å²) in [6, 6.07) is 1.88. The molecule has 0 radical (unpaired) electrons. The molecule has 1 aliphatic carbocycles. The highest BCUT2D eigenvalue weighted by molar-refractivity contribution is 7.09. The van der Waals surface area contributed by atoms with Crippen LogP contribution in [-0.4, -0.2) is 27.7 Å². The number of nitriles is 1. The van der Waals surface area contributed by atoms with Crippen LogP contribution in [0.3, 0.4) is 0 Å². The number of carbonyl (C=O) groups excluding carboxylic acids is 2. The number of hydrogen-bond donors (Lipinski definition) is 0. The van der Waals surface area contributed by atoms with Gasteiger partial charge in [-0.1, -0.05) is 0 Å². The minimum absolute atomic E-state index is 0.281. The first-order valence-corrected chi connectivity index (χ1v) is 7.74. The molecule has 5 nitrogen and oxygen atoms in total. The van der Waals surface area contributed by atoms with Gasteiger partial charge in [0.2, 0.25) is 0 Å². The van der Waals surface area contributed by atoms with E-state index in [0.29, 0.717) is 5.01 Å². The van der Waals surface area contributed by atoms with E-state index in [1.165, 1.54) is 11.3 Å². The average molecular weight is 347 g/mol. The monoisotopic (exact) mass is 346 g/mol. The maximum absolute atomic E-state index is 12.0. The van der Waals surface area contributed by atoms with Crippen molar-refractivity contribution in [1.82, 2.24) is 4.98 Å². The van der Waals surface area contributed by atoms with E-state index in [1.54, 1.807) is 19.2 Å². The van der Waals surface area contributed by atoms with E-state index < -0.39 is 34.0 Å². The quantitative estimate of drug-likeness (QED) is 0.604. The molecule has 2 atom stereocenters. The van der Waals surface area contributed by atoms with Crippen LogP contribution in [0.15, 0.2) is 5.38 Å². The topological polar surface area (TPSA) is 80.0 Å². The number of alkyl halides is 2. The van der Waals surface area contributed by atoms with E-state index in [9.17, 15) is 9.59 Å². The van der Waals surface area contributed by atoms with Crippen LogP contribution >= 0.6 is 34.5 Å². The molecule has 1 aromatic heterocycles. The number of halogens is 2. The lowest BCUT2D eigenvalue weighted by molar-refractivity contribution is -0.153. The summed E-state index contributed by atoms with van der Waals surface area (Å²) in [5.74, 6) is -2.17. The zero-order chi connectivity index (χ0) is 15.8. The van der Waals surface area contributed by atoms with Crippen LogP contribution in [-0.2, 0) is 14.3 Å². The highest BCUT2D eigenvalue weighted by Gasteiger charge is 2.69. The largest absolute Gasteiger partial charge is 0.457 e. The van der Waals surface area contributed by atoms with Crippen molar-refractivity contribution in [2.75, 3.05) is 6.61 Å². The fourth-order valence-electron chi connectivity index (χ4n) is 1.77. The Morgan fingerprint density at radius 2 is 2.24 bits per heavy atom. The van der Waals surface area contributed by atoms with Gasteiger partial charge in [-0.05, 0) is 13.8 Å². The Morgan fingerprint density at radius 3 is 2.67 bits per heavy atom. The number of thiazole rings is 1. The van der Waals surface area contributed by atoms with Crippen LogP contribution in [0.1, 0.15) is 30.0 Å². The Bertz CT molecular complexity index is 638. The van der Waals surface area contributed by atoms with Crippen molar-refractivity contribution in [2.24, 2.45) is 5.41 Å². The van der Waals surface area contributed by atoms with Crippen LogP contribution < -0.4 is 0 Å². The van der Waals surface area contributed by atoms with E-state index >= 15 is 0 Å². The molecule has 1 fully saturated rings. The third-order valence-electron chi connectivity index (χ3n) is 3.39. The molecule has 1 aliphatic rings. The lowest BCUT2D eigenvalue weighted by atomic mass is 10.1. The highest BCUT2D eigenvalue weighted by Crippen LogP contribution is 2.64. The molecule has 0 saturated heterocycles. The van der Waals surface area contributed by atoms with E-state index in [0.717, 1.165) is 5.69 Å². The molecule has 0 aliphatic heterocycles.